The summed E-state index contributed by atoms with van der Waals surface area (Å²) in [5, 5.41) is 35.0. The van der Waals surface area contributed by atoms with Crippen molar-refractivity contribution in [2.75, 3.05) is 13.2 Å². The maximum absolute atomic E-state index is 9.28. The van der Waals surface area contributed by atoms with E-state index in [-0.39, 0.29) is 46.4 Å². The van der Waals surface area contributed by atoms with E-state index in [1.54, 1.807) is 0 Å². The Morgan fingerprint density at radius 2 is 1.20 bits per heavy atom. The Labute approximate surface area is 133 Å². The molecule has 0 saturated carbocycles. The first-order valence-corrected chi connectivity index (χ1v) is 5.87. The number of rotatable bonds is 6. The van der Waals surface area contributed by atoms with Gasteiger partial charge in [-0.3, -0.25) is 0 Å². The van der Waals surface area contributed by atoms with Gasteiger partial charge in [0.1, 0.15) is 0 Å². The van der Waals surface area contributed by atoms with Crippen molar-refractivity contribution in [2.24, 2.45) is 11.5 Å². The number of carboxylic acids is 2. The second kappa shape index (κ2) is 20.8. The molecule has 0 spiro atoms. The molecule has 0 heterocycles. The predicted octanol–water partition coefficient (Wildman–Crippen LogP) is -3.69. The summed E-state index contributed by atoms with van der Waals surface area (Å²) in [7, 11) is 0. The normalized spacial score (nSPS) is 11.5. The number of aliphatic carboxylic acids is 2. The van der Waals surface area contributed by atoms with Gasteiger partial charge in [-0.2, -0.15) is 0 Å². The minimum absolute atomic E-state index is 0. The van der Waals surface area contributed by atoms with Crippen molar-refractivity contribution in [1.82, 2.24) is 0 Å². The third-order valence-corrected chi connectivity index (χ3v) is 1.81. The van der Waals surface area contributed by atoms with E-state index in [2.05, 4.69) is 0 Å². The summed E-state index contributed by atoms with van der Waals surface area (Å²) < 4.78 is 0. The number of carbonyl (C=O) groups excluding carboxylic acids is 2. The molecule has 0 saturated heterocycles. The maximum atomic E-state index is 9.28. The summed E-state index contributed by atoms with van der Waals surface area (Å²) in [6.45, 7) is 4.11. The van der Waals surface area contributed by atoms with Crippen LogP contribution < -0.4 is 21.7 Å². The van der Waals surface area contributed by atoms with Crippen LogP contribution in [0.1, 0.15) is 33.1 Å². The van der Waals surface area contributed by atoms with Gasteiger partial charge in [0.2, 0.25) is 0 Å². The van der Waals surface area contributed by atoms with Crippen molar-refractivity contribution in [1.29, 1.82) is 0 Å². The van der Waals surface area contributed by atoms with Crippen LogP contribution in [0, 0.1) is 0 Å². The molecule has 0 rings (SSSR count). The molecule has 0 unspecified atom stereocenters. The van der Waals surface area contributed by atoms with Crippen LogP contribution in [-0.2, 0) is 30.7 Å². The van der Waals surface area contributed by atoms with E-state index >= 15 is 0 Å². The van der Waals surface area contributed by atoms with E-state index in [1.165, 1.54) is 0 Å². The first kappa shape index (κ1) is 27.8. The molecule has 8 nitrogen and oxygen atoms in total. The molecule has 0 aliphatic carbocycles. The zero-order valence-corrected chi connectivity index (χ0v) is 14.0. The fourth-order valence-corrected chi connectivity index (χ4v) is 0.376. The molecule has 124 valence electrons. The smallest absolute Gasteiger partial charge is 0.550 e. The summed E-state index contributed by atoms with van der Waals surface area (Å²) in [6.07, 6.45) is 0.687. The Balaban J connectivity index is -0.0000000941. The van der Waals surface area contributed by atoms with Gasteiger partial charge >= 0.3 is 21.1 Å². The minimum Gasteiger partial charge on any atom is -0.550 e. The first-order valence-electron chi connectivity index (χ1n) is 5.87. The Morgan fingerprint density at radius 1 is 0.950 bits per heavy atom. The monoisotopic (exact) mass is 475 g/mol. The van der Waals surface area contributed by atoms with Crippen LogP contribution in [0.5, 0.6) is 0 Å². The molecule has 2 atom stereocenters. The molecule has 0 fully saturated rings. The van der Waals surface area contributed by atoms with Crippen LogP contribution in [0.2, 0.25) is 0 Å². The topological polar surface area (TPSA) is 173 Å². The largest absolute Gasteiger partial charge is 2.00 e. The van der Waals surface area contributed by atoms with E-state index in [0.717, 1.165) is 12.8 Å². The van der Waals surface area contributed by atoms with Crippen LogP contribution in [0.15, 0.2) is 0 Å². The molecule has 0 bridgehead atoms. The third kappa shape index (κ3) is 36.0. The van der Waals surface area contributed by atoms with Gasteiger partial charge in [0.25, 0.3) is 0 Å². The summed E-state index contributed by atoms with van der Waals surface area (Å²) in [4.78, 5) is 18.6. The van der Waals surface area contributed by atoms with Crippen molar-refractivity contribution in [3.8, 4) is 0 Å². The Kier molecular flexibility index (Phi) is 28.8. The molecule has 0 radical (unpaired) electrons. The second-order valence-corrected chi connectivity index (χ2v) is 3.62. The molecule has 0 aromatic carbocycles. The van der Waals surface area contributed by atoms with E-state index in [9.17, 15) is 19.8 Å². The number of carboxylic acid groups (broad SMARTS) is 2. The summed E-state index contributed by atoms with van der Waals surface area (Å²) >= 11 is 0. The molecule has 0 aromatic rings. The average molecular weight is 475 g/mol. The van der Waals surface area contributed by atoms with Crippen LogP contribution >= 0.6 is 0 Å². The molecule has 20 heavy (non-hydrogen) atoms. The van der Waals surface area contributed by atoms with Gasteiger partial charge < -0.3 is 41.5 Å². The van der Waals surface area contributed by atoms with Crippen molar-refractivity contribution in [2.45, 2.75) is 45.2 Å². The van der Waals surface area contributed by atoms with Gasteiger partial charge in [-0.05, 0) is 12.8 Å². The standard InChI is InChI=1S/2C4H11NO.C3H4O4.Pt/c2*1-2-4(5)3-6;4-2(5)1-3(6)7;/h2*4,6H,2-3,5H2,1H3;1H2,(H,4,5)(H,6,7);/q;;;+2/p-2/t2*4-;;/m11../s1. The van der Waals surface area contributed by atoms with E-state index < -0.39 is 18.4 Å². The second-order valence-electron chi connectivity index (χ2n) is 3.62. The number of nitrogens with two attached hydrogens (primary N) is 2. The SMILES string of the molecule is CC[C@@H](N)CO.CC[C@@H](N)CO.O=C([O-])CC(=O)[O-].[Pt+2]. The van der Waals surface area contributed by atoms with Crippen molar-refractivity contribution >= 4 is 11.9 Å². The van der Waals surface area contributed by atoms with Crippen LogP contribution in [0.25, 0.3) is 0 Å². The van der Waals surface area contributed by atoms with Gasteiger partial charge in [-0.25, -0.2) is 0 Å². The first-order chi connectivity index (χ1) is 8.74. The summed E-state index contributed by atoms with van der Waals surface area (Å²) in [5.41, 5.74) is 10.4. The number of aliphatic hydroxyl groups is 2. The van der Waals surface area contributed by atoms with Crippen LogP contribution in [-0.4, -0.2) is 47.4 Å². The van der Waals surface area contributed by atoms with Gasteiger partial charge in [-0.15, -0.1) is 0 Å². The summed E-state index contributed by atoms with van der Waals surface area (Å²) in [6, 6.07) is -0.0185. The molecule has 6 N–H and O–H groups in total. The Bertz CT molecular complexity index is 201. The van der Waals surface area contributed by atoms with E-state index in [0.29, 0.717) is 0 Å². The molecular formula is C11H24N2O6Pt. The quantitative estimate of drug-likeness (QED) is 0.284. The van der Waals surface area contributed by atoms with Crippen molar-refractivity contribution in [3.63, 3.8) is 0 Å². The molecule has 0 aliphatic rings. The fourth-order valence-electron chi connectivity index (χ4n) is 0.376. The molecule has 9 heteroatoms. The van der Waals surface area contributed by atoms with Crippen LogP contribution in [0.3, 0.4) is 0 Å². The molecule has 0 aliphatic heterocycles. The number of carbonyl (C=O) groups is 2. The molecule has 0 amide bonds. The molecule has 0 aromatic heterocycles. The molecular weight excluding hydrogens is 451 g/mol. The number of aliphatic hydroxyl groups excluding tert-OH is 2. The Hall–Kier alpha value is -0.532. The van der Waals surface area contributed by atoms with Crippen molar-refractivity contribution in [3.05, 3.63) is 0 Å². The van der Waals surface area contributed by atoms with Crippen molar-refractivity contribution < 1.29 is 51.1 Å². The zero-order chi connectivity index (χ0) is 15.8. The van der Waals surface area contributed by atoms with E-state index in [4.69, 9.17) is 21.7 Å². The predicted molar refractivity (Wildman–Crippen MR) is 65.3 cm³/mol. The fraction of sp³-hybridized carbons (Fsp3) is 0.818. The zero-order valence-electron chi connectivity index (χ0n) is 11.7. The third-order valence-electron chi connectivity index (χ3n) is 1.81. The van der Waals surface area contributed by atoms with Gasteiger partial charge in [0.05, 0.1) is 13.2 Å². The number of hydrogen-bond acceptors (Lipinski definition) is 8. The average Bonchev–Trinajstić information content (AvgIpc) is 2.36. The van der Waals surface area contributed by atoms with Gasteiger partial charge in [0, 0.05) is 30.4 Å². The summed E-state index contributed by atoms with van der Waals surface area (Å²) in [5.74, 6) is -3.25. The van der Waals surface area contributed by atoms with Gasteiger partial charge in [-0.1, -0.05) is 13.8 Å². The maximum Gasteiger partial charge on any atom is 2.00 e. The Morgan fingerprint density at radius 3 is 1.20 bits per heavy atom. The van der Waals surface area contributed by atoms with Crippen LogP contribution in [0.4, 0.5) is 0 Å². The minimum atomic E-state index is -1.63. The van der Waals surface area contributed by atoms with E-state index in [1.807, 2.05) is 13.8 Å². The number of hydrogen-bond donors (Lipinski definition) is 4. The van der Waals surface area contributed by atoms with Gasteiger partial charge in [0.15, 0.2) is 0 Å².